The molecule has 0 saturated carbocycles. The third-order valence-electron chi connectivity index (χ3n) is 4.13. The van der Waals surface area contributed by atoms with Gasteiger partial charge < -0.3 is 19.7 Å². The Balaban J connectivity index is 2.17. The SMILES string of the molecule is CNC(=O)[C@H](C)N(Cc1ccccc1F)C(=O)COc1ccccc1OC. The molecule has 0 unspecified atom stereocenters. The molecule has 0 fully saturated rings. The number of hydrogen-bond acceptors (Lipinski definition) is 4. The van der Waals surface area contributed by atoms with E-state index in [1.807, 2.05) is 0 Å². The minimum absolute atomic E-state index is 0.0463. The van der Waals surface area contributed by atoms with E-state index in [2.05, 4.69) is 5.32 Å². The molecule has 0 aliphatic rings. The van der Waals surface area contributed by atoms with Crippen molar-refractivity contribution >= 4 is 11.8 Å². The molecule has 27 heavy (non-hydrogen) atoms. The van der Waals surface area contributed by atoms with Crippen molar-refractivity contribution < 1.29 is 23.5 Å². The number of carbonyl (C=O) groups excluding carboxylic acids is 2. The van der Waals surface area contributed by atoms with Crippen molar-refractivity contribution in [3.8, 4) is 11.5 Å². The highest BCUT2D eigenvalue weighted by atomic mass is 19.1. The predicted molar refractivity (Wildman–Crippen MR) is 99.0 cm³/mol. The minimum atomic E-state index is -0.789. The van der Waals surface area contributed by atoms with E-state index >= 15 is 0 Å². The second kappa shape index (κ2) is 9.56. The number of methoxy groups -OCH3 is 1. The van der Waals surface area contributed by atoms with Crippen LogP contribution in [0.2, 0.25) is 0 Å². The molecule has 2 aromatic rings. The zero-order valence-corrected chi connectivity index (χ0v) is 15.6. The summed E-state index contributed by atoms with van der Waals surface area (Å²) >= 11 is 0. The number of nitrogens with one attached hydrogen (secondary N) is 1. The Morgan fingerprint density at radius 2 is 1.74 bits per heavy atom. The van der Waals surface area contributed by atoms with Gasteiger partial charge in [0.05, 0.1) is 7.11 Å². The van der Waals surface area contributed by atoms with Gasteiger partial charge in [-0.25, -0.2) is 4.39 Å². The molecular weight excluding hydrogens is 351 g/mol. The molecule has 0 bridgehead atoms. The number of para-hydroxylation sites is 2. The summed E-state index contributed by atoms with van der Waals surface area (Å²) in [5.41, 5.74) is 0.318. The number of nitrogens with zero attached hydrogens (tertiary/aromatic N) is 1. The highest BCUT2D eigenvalue weighted by Gasteiger charge is 2.26. The zero-order chi connectivity index (χ0) is 19.8. The molecule has 2 amide bonds. The Morgan fingerprint density at radius 3 is 2.37 bits per heavy atom. The lowest BCUT2D eigenvalue weighted by atomic mass is 10.1. The van der Waals surface area contributed by atoms with Crippen molar-refractivity contribution in [2.45, 2.75) is 19.5 Å². The summed E-state index contributed by atoms with van der Waals surface area (Å²) in [5, 5.41) is 2.51. The van der Waals surface area contributed by atoms with Crippen molar-refractivity contribution in [3.05, 3.63) is 59.9 Å². The van der Waals surface area contributed by atoms with Gasteiger partial charge in [0, 0.05) is 19.2 Å². The van der Waals surface area contributed by atoms with Crippen LogP contribution >= 0.6 is 0 Å². The summed E-state index contributed by atoms with van der Waals surface area (Å²) in [6.45, 7) is 1.23. The van der Waals surface area contributed by atoms with E-state index in [0.717, 1.165) is 0 Å². The van der Waals surface area contributed by atoms with Crippen molar-refractivity contribution in [1.82, 2.24) is 10.2 Å². The van der Waals surface area contributed by atoms with Crippen LogP contribution in [0.5, 0.6) is 11.5 Å². The van der Waals surface area contributed by atoms with Crippen LogP contribution in [0.1, 0.15) is 12.5 Å². The fourth-order valence-electron chi connectivity index (χ4n) is 2.56. The van der Waals surface area contributed by atoms with E-state index in [-0.39, 0.29) is 19.1 Å². The molecule has 0 heterocycles. The predicted octanol–water partition coefficient (Wildman–Crippen LogP) is 2.38. The molecule has 1 N–H and O–H groups in total. The Morgan fingerprint density at radius 1 is 1.11 bits per heavy atom. The van der Waals surface area contributed by atoms with Gasteiger partial charge in [0.15, 0.2) is 18.1 Å². The zero-order valence-electron chi connectivity index (χ0n) is 15.6. The third-order valence-corrected chi connectivity index (χ3v) is 4.13. The molecule has 6 nitrogen and oxygen atoms in total. The van der Waals surface area contributed by atoms with Gasteiger partial charge in [-0.05, 0) is 25.1 Å². The van der Waals surface area contributed by atoms with E-state index in [9.17, 15) is 14.0 Å². The summed E-state index contributed by atoms with van der Waals surface area (Å²) in [5.74, 6) is -0.334. The molecule has 2 aromatic carbocycles. The highest BCUT2D eigenvalue weighted by molar-refractivity contribution is 5.87. The molecule has 1 atom stereocenters. The van der Waals surface area contributed by atoms with Gasteiger partial charge in [0.2, 0.25) is 5.91 Å². The van der Waals surface area contributed by atoms with Crippen LogP contribution in [-0.4, -0.2) is 43.5 Å². The van der Waals surface area contributed by atoms with E-state index < -0.39 is 17.8 Å². The Hall–Kier alpha value is -3.09. The molecule has 0 aliphatic carbocycles. The summed E-state index contributed by atoms with van der Waals surface area (Å²) in [6.07, 6.45) is 0. The maximum Gasteiger partial charge on any atom is 0.261 e. The molecule has 0 saturated heterocycles. The average Bonchev–Trinajstić information content (AvgIpc) is 2.70. The number of rotatable bonds is 8. The van der Waals surface area contributed by atoms with Gasteiger partial charge in [0.1, 0.15) is 11.9 Å². The lowest BCUT2D eigenvalue weighted by Gasteiger charge is -2.28. The van der Waals surface area contributed by atoms with Crippen molar-refractivity contribution in [2.75, 3.05) is 20.8 Å². The molecule has 0 aromatic heterocycles. The fraction of sp³-hybridized carbons (Fsp3) is 0.300. The summed E-state index contributed by atoms with van der Waals surface area (Å²) in [6, 6.07) is 12.3. The first kappa shape index (κ1) is 20.2. The van der Waals surface area contributed by atoms with E-state index in [0.29, 0.717) is 17.1 Å². The molecule has 0 radical (unpaired) electrons. The number of amides is 2. The Bertz CT molecular complexity index is 797. The number of benzene rings is 2. The fourth-order valence-corrected chi connectivity index (χ4v) is 2.56. The number of ether oxygens (including phenoxy) is 2. The molecular formula is C20H23FN2O4. The number of halogens is 1. The molecule has 2 rings (SSSR count). The molecule has 0 aliphatic heterocycles. The van der Waals surface area contributed by atoms with Gasteiger partial charge in [-0.3, -0.25) is 9.59 Å². The van der Waals surface area contributed by atoms with Gasteiger partial charge >= 0.3 is 0 Å². The second-order valence-corrected chi connectivity index (χ2v) is 5.84. The third kappa shape index (κ3) is 5.20. The minimum Gasteiger partial charge on any atom is -0.493 e. The van der Waals surface area contributed by atoms with Crippen LogP contribution in [0.25, 0.3) is 0 Å². The molecule has 0 spiro atoms. The van der Waals surface area contributed by atoms with Gasteiger partial charge in [-0.15, -0.1) is 0 Å². The van der Waals surface area contributed by atoms with E-state index in [4.69, 9.17) is 9.47 Å². The smallest absolute Gasteiger partial charge is 0.261 e. The second-order valence-electron chi connectivity index (χ2n) is 5.84. The quantitative estimate of drug-likeness (QED) is 0.770. The first-order valence-electron chi connectivity index (χ1n) is 8.48. The van der Waals surface area contributed by atoms with Crippen LogP contribution in [-0.2, 0) is 16.1 Å². The van der Waals surface area contributed by atoms with Crippen LogP contribution in [0.3, 0.4) is 0 Å². The lowest BCUT2D eigenvalue weighted by molar-refractivity contribution is -0.142. The monoisotopic (exact) mass is 374 g/mol. The van der Waals surface area contributed by atoms with Gasteiger partial charge in [-0.2, -0.15) is 0 Å². The number of hydrogen-bond donors (Lipinski definition) is 1. The molecule has 7 heteroatoms. The first-order chi connectivity index (χ1) is 13.0. The summed E-state index contributed by atoms with van der Waals surface area (Å²) in [7, 11) is 2.98. The van der Waals surface area contributed by atoms with Crippen molar-refractivity contribution in [3.63, 3.8) is 0 Å². The van der Waals surface area contributed by atoms with Crippen molar-refractivity contribution in [2.24, 2.45) is 0 Å². The van der Waals surface area contributed by atoms with Crippen LogP contribution in [0.4, 0.5) is 4.39 Å². The largest absolute Gasteiger partial charge is 0.493 e. The lowest BCUT2D eigenvalue weighted by Crippen LogP contribution is -2.48. The van der Waals surface area contributed by atoms with Gasteiger partial charge in [0.25, 0.3) is 5.91 Å². The van der Waals surface area contributed by atoms with Gasteiger partial charge in [-0.1, -0.05) is 30.3 Å². The summed E-state index contributed by atoms with van der Waals surface area (Å²) < 4.78 is 24.8. The topological polar surface area (TPSA) is 67.9 Å². The Kier molecular flexibility index (Phi) is 7.16. The maximum absolute atomic E-state index is 14.0. The average molecular weight is 374 g/mol. The van der Waals surface area contributed by atoms with Crippen molar-refractivity contribution in [1.29, 1.82) is 0 Å². The van der Waals surface area contributed by atoms with Crippen LogP contribution in [0, 0.1) is 5.82 Å². The molecule has 144 valence electrons. The first-order valence-corrected chi connectivity index (χ1v) is 8.48. The highest BCUT2D eigenvalue weighted by Crippen LogP contribution is 2.25. The number of likely N-dealkylation sites (N-methyl/N-ethyl adjacent to an activating group) is 1. The van der Waals surface area contributed by atoms with E-state index in [1.165, 1.54) is 25.1 Å². The maximum atomic E-state index is 14.0. The summed E-state index contributed by atoms with van der Waals surface area (Å²) in [4.78, 5) is 26.1. The normalized spacial score (nSPS) is 11.4. The number of carbonyl (C=O) groups is 2. The van der Waals surface area contributed by atoms with E-state index in [1.54, 1.807) is 49.4 Å². The van der Waals surface area contributed by atoms with Crippen LogP contribution in [0.15, 0.2) is 48.5 Å². The standard InChI is InChI=1S/C20H23FN2O4/c1-14(20(25)22-2)23(12-15-8-4-5-9-16(15)21)19(24)13-27-18-11-7-6-10-17(18)26-3/h4-11,14H,12-13H2,1-3H3,(H,22,25)/t14-/m0/s1. The Labute approximate surface area is 157 Å². The van der Waals surface area contributed by atoms with Crippen LogP contribution < -0.4 is 14.8 Å².